The number of rotatable bonds is 2. The fourth-order valence-corrected chi connectivity index (χ4v) is 3.05. The summed E-state index contributed by atoms with van der Waals surface area (Å²) in [7, 11) is 0. The first kappa shape index (κ1) is 17.7. The Labute approximate surface area is 133 Å². The van der Waals surface area contributed by atoms with Gasteiger partial charge in [-0.2, -0.15) is 13.2 Å². The van der Waals surface area contributed by atoms with Crippen molar-refractivity contribution in [2.45, 2.75) is 25.6 Å². The van der Waals surface area contributed by atoms with Gasteiger partial charge in [-0.15, -0.1) is 0 Å². The molecular formula is C16H21F3N2O2. The van der Waals surface area contributed by atoms with Crippen molar-refractivity contribution in [2.75, 3.05) is 26.2 Å². The van der Waals surface area contributed by atoms with E-state index in [9.17, 15) is 13.2 Å². The molecule has 0 atom stereocenters. The number of halogens is 3. The lowest BCUT2D eigenvalue weighted by atomic mass is 9.75. The molecule has 0 saturated carbocycles. The van der Waals surface area contributed by atoms with Gasteiger partial charge < -0.3 is 10.4 Å². The molecule has 0 aromatic heterocycles. The summed E-state index contributed by atoms with van der Waals surface area (Å²) in [6.07, 6.45) is -2.29. The molecule has 0 unspecified atom stereocenters. The van der Waals surface area contributed by atoms with E-state index < -0.39 is 12.1 Å². The van der Waals surface area contributed by atoms with Gasteiger partial charge in [0.2, 0.25) is 0 Å². The van der Waals surface area contributed by atoms with Gasteiger partial charge in [-0.3, -0.25) is 4.90 Å². The average Bonchev–Trinajstić information content (AvgIpc) is 2.47. The van der Waals surface area contributed by atoms with E-state index in [0.717, 1.165) is 6.54 Å². The molecule has 0 aliphatic carbocycles. The number of carboxylic acid groups (broad SMARTS) is 1. The third-order valence-electron chi connectivity index (χ3n) is 4.23. The summed E-state index contributed by atoms with van der Waals surface area (Å²) in [5.41, 5.74) is 2.07. The maximum Gasteiger partial charge on any atom is 0.490 e. The quantitative estimate of drug-likeness (QED) is 0.875. The second-order valence-electron chi connectivity index (χ2n) is 6.21. The number of alkyl halides is 3. The standard InChI is InChI=1S/C14H20N2.C2HF3O2/c1-2-5-13(6-3-1)9-16-8-4-7-14(12-16)10-15-11-14;3-2(4,5)1(6)7/h1-3,5-6,15H,4,7-12H2;(H,6,7). The van der Waals surface area contributed by atoms with Gasteiger partial charge >= 0.3 is 12.1 Å². The number of hydrogen-bond acceptors (Lipinski definition) is 3. The summed E-state index contributed by atoms with van der Waals surface area (Å²) < 4.78 is 31.7. The van der Waals surface area contributed by atoms with Gasteiger partial charge in [-0.25, -0.2) is 4.79 Å². The summed E-state index contributed by atoms with van der Waals surface area (Å²) in [4.78, 5) is 11.5. The summed E-state index contributed by atoms with van der Waals surface area (Å²) in [6.45, 7) is 6.16. The molecule has 0 bridgehead atoms. The minimum atomic E-state index is -5.08. The Bertz CT molecular complexity index is 516. The van der Waals surface area contributed by atoms with Crippen LogP contribution in [0.2, 0.25) is 0 Å². The van der Waals surface area contributed by atoms with E-state index in [1.807, 2.05) is 0 Å². The molecule has 0 radical (unpaired) electrons. The molecular weight excluding hydrogens is 309 g/mol. The van der Waals surface area contributed by atoms with E-state index in [1.54, 1.807) is 0 Å². The van der Waals surface area contributed by atoms with Crippen LogP contribution in [0.1, 0.15) is 18.4 Å². The van der Waals surface area contributed by atoms with Crippen LogP contribution in [0.5, 0.6) is 0 Å². The fraction of sp³-hybridized carbons (Fsp3) is 0.562. The molecule has 2 heterocycles. The minimum absolute atomic E-state index is 0.618. The van der Waals surface area contributed by atoms with Crippen molar-refractivity contribution in [1.82, 2.24) is 10.2 Å². The van der Waals surface area contributed by atoms with Crippen LogP contribution < -0.4 is 5.32 Å². The molecule has 2 aliphatic heterocycles. The van der Waals surface area contributed by atoms with Crippen LogP contribution in [0.4, 0.5) is 13.2 Å². The van der Waals surface area contributed by atoms with Crippen molar-refractivity contribution in [1.29, 1.82) is 0 Å². The monoisotopic (exact) mass is 330 g/mol. The van der Waals surface area contributed by atoms with E-state index in [1.165, 1.54) is 44.6 Å². The van der Waals surface area contributed by atoms with Gasteiger partial charge in [0.25, 0.3) is 0 Å². The molecule has 2 saturated heterocycles. The zero-order valence-corrected chi connectivity index (χ0v) is 12.8. The number of likely N-dealkylation sites (tertiary alicyclic amines) is 1. The highest BCUT2D eigenvalue weighted by atomic mass is 19.4. The molecule has 1 aromatic carbocycles. The van der Waals surface area contributed by atoms with Crippen molar-refractivity contribution < 1.29 is 23.1 Å². The highest BCUT2D eigenvalue weighted by Crippen LogP contribution is 2.33. The number of piperidine rings is 1. The third-order valence-corrected chi connectivity index (χ3v) is 4.23. The second-order valence-corrected chi connectivity index (χ2v) is 6.21. The lowest BCUT2D eigenvalue weighted by molar-refractivity contribution is -0.192. The molecule has 4 nitrogen and oxygen atoms in total. The summed E-state index contributed by atoms with van der Waals surface area (Å²) in [6, 6.07) is 10.8. The molecule has 1 spiro atoms. The first-order valence-electron chi connectivity index (χ1n) is 7.58. The first-order chi connectivity index (χ1) is 10.8. The Kier molecular flexibility index (Phi) is 5.64. The molecule has 2 N–H and O–H groups in total. The number of hydrogen-bond donors (Lipinski definition) is 2. The zero-order valence-electron chi connectivity index (χ0n) is 12.8. The van der Waals surface area contributed by atoms with Crippen molar-refractivity contribution in [3.05, 3.63) is 35.9 Å². The molecule has 7 heteroatoms. The summed E-state index contributed by atoms with van der Waals surface area (Å²) in [5, 5.41) is 10.6. The van der Waals surface area contributed by atoms with Crippen molar-refractivity contribution in [2.24, 2.45) is 5.41 Å². The molecule has 3 rings (SSSR count). The number of carbonyl (C=O) groups is 1. The van der Waals surface area contributed by atoms with E-state index in [4.69, 9.17) is 9.90 Å². The van der Waals surface area contributed by atoms with Crippen LogP contribution in [0, 0.1) is 5.41 Å². The highest BCUT2D eigenvalue weighted by Gasteiger charge is 2.40. The maximum absolute atomic E-state index is 10.6. The summed E-state index contributed by atoms with van der Waals surface area (Å²) in [5.74, 6) is -2.76. The van der Waals surface area contributed by atoms with Gasteiger partial charge in [0.05, 0.1) is 0 Å². The van der Waals surface area contributed by atoms with E-state index in [2.05, 4.69) is 40.5 Å². The topological polar surface area (TPSA) is 52.6 Å². The lowest BCUT2D eigenvalue weighted by Crippen LogP contribution is -2.60. The minimum Gasteiger partial charge on any atom is -0.475 e. The second kappa shape index (κ2) is 7.31. The smallest absolute Gasteiger partial charge is 0.475 e. The number of nitrogens with zero attached hydrogens (tertiary/aromatic N) is 1. The number of benzene rings is 1. The SMILES string of the molecule is O=C(O)C(F)(F)F.c1ccc(CN2CCCC3(CNC3)C2)cc1. The zero-order chi connectivity index (χ0) is 16.9. The van der Waals surface area contributed by atoms with E-state index in [-0.39, 0.29) is 0 Å². The van der Waals surface area contributed by atoms with Crippen LogP contribution in [-0.2, 0) is 11.3 Å². The van der Waals surface area contributed by atoms with Gasteiger partial charge in [-0.05, 0) is 24.9 Å². The first-order valence-corrected chi connectivity index (χ1v) is 7.58. The molecule has 1 aromatic rings. The van der Waals surface area contributed by atoms with Crippen molar-refractivity contribution in [3.8, 4) is 0 Å². The van der Waals surface area contributed by atoms with Crippen LogP contribution in [0.25, 0.3) is 0 Å². The molecule has 2 aliphatic rings. The van der Waals surface area contributed by atoms with Gasteiger partial charge in [0, 0.05) is 31.6 Å². The largest absolute Gasteiger partial charge is 0.490 e. The molecule has 0 amide bonds. The van der Waals surface area contributed by atoms with Crippen LogP contribution >= 0.6 is 0 Å². The highest BCUT2D eigenvalue weighted by molar-refractivity contribution is 5.73. The van der Waals surface area contributed by atoms with E-state index in [0.29, 0.717) is 5.41 Å². The molecule has 2 fully saturated rings. The van der Waals surface area contributed by atoms with Crippen LogP contribution in [0.15, 0.2) is 30.3 Å². The maximum atomic E-state index is 10.6. The Morgan fingerprint density at radius 3 is 2.35 bits per heavy atom. The van der Waals surface area contributed by atoms with Crippen LogP contribution in [-0.4, -0.2) is 48.3 Å². The van der Waals surface area contributed by atoms with Crippen molar-refractivity contribution >= 4 is 5.97 Å². The molecule has 128 valence electrons. The third kappa shape index (κ3) is 5.21. The Hall–Kier alpha value is -1.60. The van der Waals surface area contributed by atoms with E-state index >= 15 is 0 Å². The van der Waals surface area contributed by atoms with Gasteiger partial charge in [-0.1, -0.05) is 30.3 Å². The fourth-order valence-electron chi connectivity index (χ4n) is 3.05. The Balaban J connectivity index is 0.000000236. The summed E-state index contributed by atoms with van der Waals surface area (Å²) >= 11 is 0. The normalized spacial score (nSPS) is 20.3. The number of aliphatic carboxylic acids is 1. The van der Waals surface area contributed by atoms with Gasteiger partial charge in [0.1, 0.15) is 0 Å². The lowest BCUT2D eigenvalue weighted by Gasteiger charge is -2.49. The predicted molar refractivity (Wildman–Crippen MR) is 79.9 cm³/mol. The number of nitrogens with one attached hydrogen (secondary N) is 1. The van der Waals surface area contributed by atoms with Crippen molar-refractivity contribution in [3.63, 3.8) is 0 Å². The van der Waals surface area contributed by atoms with Crippen LogP contribution in [0.3, 0.4) is 0 Å². The Morgan fingerprint density at radius 2 is 1.87 bits per heavy atom. The number of carboxylic acids is 1. The predicted octanol–water partition coefficient (Wildman–Crippen LogP) is 2.51. The Morgan fingerprint density at radius 1 is 1.26 bits per heavy atom. The van der Waals surface area contributed by atoms with Gasteiger partial charge in [0.15, 0.2) is 0 Å². The average molecular weight is 330 g/mol. The molecule has 23 heavy (non-hydrogen) atoms.